The summed E-state index contributed by atoms with van der Waals surface area (Å²) in [6.07, 6.45) is 0.777. The van der Waals surface area contributed by atoms with E-state index in [1.54, 1.807) is 0 Å². The molecule has 0 bridgehead atoms. The SMILES string of the molecule is c1ccc(-c2cccc(-c3nc(-c4ccccc4)nc4c3Cc3cccc(-c5cccc(-c6ccc7c8ccccc8n(-c8ccccc8)c7c6)c5)c3-4)c2)cc1. The molecule has 0 saturated carbocycles. The van der Waals surface area contributed by atoms with Crippen LogP contribution in [0.4, 0.5) is 0 Å². The van der Waals surface area contributed by atoms with Crippen molar-refractivity contribution in [3.8, 4) is 73.0 Å². The third kappa shape index (κ3) is 5.36. The second-order valence-corrected chi connectivity index (χ2v) is 14.6. The summed E-state index contributed by atoms with van der Waals surface area (Å²) in [5, 5.41) is 2.51. The molecule has 2 heterocycles. The van der Waals surface area contributed by atoms with Crippen LogP contribution >= 0.6 is 0 Å². The Hall–Kier alpha value is -7.36. The summed E-state index contributed by atoms with van der Waals surface area (Å²) in [6, 6.07) is 71.7. The Balaban J connectivity index is 1.06. The van der Waals surface area contributed by atoms with E-state index in [1.807, 2.05) is 6.07 Å². The first-order chi connectivity index (χ1) is 27.8. The molecule has 0 radical (unpaired) electrons. The molecule has 3 nitrogen and oxygen atoms in total. The van der Waals surface area contributed by atoms with Crippen LogP contribution in [-0.2, 0) is 6.42 Å². The van der Waals surface area contributed by atoms with Gasteiger partial charge in [-0.2, -0.15) is 0 Å². The molecular formula is C53H35N3. The highest BCUT2D eigenvalue weighted by Crippen LogP contribution is 2.46. The molecule has 0 spiro atoms. The van der Waals surface area contributed by atoms with E-state index in [9.17, 15) is 0 Å². The van der Waals surface area contributed by atoms with Crippen molar-refractivity contribution in [3.05, 3.63) is 211 Å². The van der Waals surface area contributed by atoms with Gasteiger partial charge in [0.1, 0.15) is 0 Å². The quantitative estimate of drug-likeness (QED) is 0.172. The largest absolute Gasteiger partial charge is 0.309 e. The minimum Gasteiger partial charge on any atom is -0.309 e. The number of nitrogens with zero attached hydrogens (tertiary/aromatic N) is 3. The average Bonchev–Trinajstić information content (AvgIpc) is 3.83. The maximum Gasteiger partial charge on any atom is 0.160 e. The highest BCUT2D eigenvalue weighted by molar-refractivity contribution is 6.10. The molecule has 2 aromatic heterocycles. The van der Waals surface area contributed by atoms with Gasteiger partial charge in [-0.25, -0.2) is 9.97 Å². The average molecular weight is 714 g/mol. The molecule has 10 aromatic rings. The normalized spacial score (nSPS) is 11.9. The van der Waals surface area contributed by atoms with Crippen LogP contribution in [0.3, 0.4) is 0 Å². The second-order valence-electron chi connectivity index (χ2n) is 14.6. The van der Waals surface area contributed by atoms with Crippen LogP contribution in [0.1, 0.15) is 11.1 Å². The van der Waals surface area contributed by atoms with Crippen LogP contribution in [0.2, 0.25) is 0 Å². The van der Waals surface area contributed by atoms with E-state index in [0.29, 0.717) is 0 Å². The van der Waals surface area contributed by atoms with Crippen LogP contribution in [0.15, 0.2) is 200 Å². The van der Waals surface area contributed by atoms with Gasteiger partial charge in [0.05, 0.1) is 22.4 Å². The van der Waals surface area contributed by atoms with Gasteiger partial charge in [0.25, 0.3) is 0 Å². The predicted molar refractivity (Wildman–Crippen MR) is 232 cm³/mol. The minimum absolute atomic E-state index is 0.739. The fourth-order valence-corrected chi connectivity index (χ4v) is 8.62. The van der Waals surface area contributed by atoms with Crippen LogP contribution in [-0.4, -0.2) is 14.5 Å². The Bertz CT molecular complexity index is 3090. The smallest absolute Gasteiger partial charge is 0.160 e. The number of hydrogen-bond acceptors (Lipinski definition) is 2. The maximum absolute atomic E-state index is 5.38. The van der Waals surface area contributed by atoms with Crippen molar-refractivity contribution in [2.75, 3.05) is 0 Å². The topological polar surface area (TPSA) is 30.7 Å². The minimum atomic E-state index is 0.739. The molecule has 0 amide bonds. The molecule has 8 aromatic carbocycles. The highest BCUT2D eigenvalue weighted by Gasteiger charge is 2.29. The zero-order valence-corrected chi connectivity index (χ0v) is 30.6. The number of rotatable bonds is 6. The van der Waals surface area contributed by atoms with E-state index < -0.39 is 0 Å². The van der Waals surface area contributed by atoms with Gasteiger partial charge in [-0.15, -0.1) is 0 Å². The molecule has 262 valence electrons. The lowest BCUT2D eigenvalue weighted by molar-refractivity contribution is 1.13. The summed E-state index contributed by atoms with van der Waals surface area (Å²) in [5.41, 5.74) is 18.4. The van der Waals surface area contributed by atoms with Crippen molar-refractivity contribution in [1.82, 2.24) is 14.5 Å². The molecular weight excluding hydrogens is 679 g/mol. The van der Waals surface area contributed by atoms with Gasteiger partial charge in [0.2, 0.25) is 0 Å². The first-order valence-electron chi connectivity index (χ1n) is 19.2. The van der Waals surface area contributed by atoms with Crippen molar-refractivity contribution in [3.63, 3.8) is 0 Å². The lowest BCUT2D eigenvalue weighted by atomic mass is 9.93. The Morgan fingerprint density at radius 1 is 0.375 bits per heavy atom. The van der Waals surface area contributed by atoms with Crippen LogP contribution in [0.5, 0.6) is 0 Å². The number of benzene rings is 8. The van der Waals surface area contributed by atoms with Gasteiger partial charge in [0.15, 0.2) is 5.82 Å². The van der Waals surface area contributed by atoms with Gasteiger partial charge in [-0.05, 0) is 75.3 Å². The van der Waals surface area contributed by atoms with Crippen molar-refractivity contribution in [2.45, 2.75) is 6.42 Å². The number of aromatic nitrogens is 3. The fourth-order valence-electron chi connectivity index (χ4n) is 8.62. The van der Waals surface area contributed by atoms with E-state index in [4.69, 9.17) is 9.97 Å². The van der Waals surface area contributed by atoms with Crippen LogP contribution in [0.25, 0.3) is 94.8 Å². The standard InChI is InChI=1S/C53H35N3/c1-4-15-35(16-5-1)37-19-13-23-42(32-37)51-47-33-41-22-14-27-44(50(41)52(47)55-53(54-51)36-17-6-2-7-18-36)40-21-12-20-38(31-40)39-29-30-46-45-26-10-11-28-48(45)56(49(46)34-39)43-24-8-3-9-25-43/h1-32,34H,33H2. The first-order valence-corrected chi connectivity index (χ1v) is 19.2. The van der Waals surface area contributed by atoms with Gasteiger partial charge in [-0.3, -0.25) is 0 Å². The predicted octanol–water partition coefficient (Wildman–Crippen LogP) is 13.5. The molecule has 0 N–H and O–H groups in total. The Kier molecular flexibility index (Phi) is 7.56. The number of para-hydroxylation sites is 2. The van der Waals surface area contributed by atoms with Crippen LogP contribution < -0.4 is 0 Å². The zero-order valence-electron chi connectivity index (χ0n) is 30.6. The monoisotopic (exact) mass is 713 g/mol. The van der Waals surface area contributed by atoms with Gasteiger partial charge >= 0.3 is 0 Å². The Morgan fingerprint density at radius 3 is 1.75 bits per heavy atom. The fraction of sp³-hybridized carbons (Fsp3) is 0.0189. The Morgan fingerprint density at radius 2 is 0.946 bits per heavy atom. The summed E-state index contributed by atoms with van der Waals surface area (Å²) in [7, 11) is 0. The summed E-state index contributed by atoms with van der Waals surface area (Å²) in [4.78, 5) is 10.7. The number of hydrogen-bond donors (Lipinski definition) is 0. The number of fused-ring (bicyclic) bond motifs is 6. The summed E-state index contributed by atoms with van der Waals surface area (Å²) < 4.78 is 2.39. The molecule has 1 aliphatic rings. The van der Waals surface area contributed by atoms with Crippen LogP contribution in [0, 0.1) is 0 Å². The molecule has 3 heteroatoms. The summed E-state index contributed by atoms with van der Waals surface area (Å²) >= 11 is 0. The van der Waals surface area contributed by atoms with E-state index >= 15 is 0 Å². The lowest BCUT2D eigenvalue weighted by Gasteiger charge is -2.14. The van der Waals surface area contributed by atoms with E-state index in [1.165, 1.54) is 71.9 Å². The second kappa shape index (κ2) is 13.2. The molecule has 1 aliphatic carbocycles. The van der Waals surface area contributed by atoms with Gasteiger partial charge in [0, 0.05) is 45.1 Å². The van der Waals surface area contributed by atoms with Crippen molar-refractivity contribution >= 4 is 21.8 Å². The molecule has 0 saturated heterocycles. The summed E-state index contributed by atoms with van der Waals surface area (Å²) in [6.45, 7) is 0. The molecule has 11 rings (SSSR count). The molecule has 56 heavy (non-hydrogen) atoms. The summed E-state index contributed by atoms with van der Waals surface area (Å²) in [5.74, 6) is 0.739. The molecule has 0 aliphatic heterocycles. The van der Waals surface area contributed by atoms with Gasteiger partial charge in [-0.1, -0.05) is 164 Å². The zero-order chi connectivity index (χ0) is 37.0. The Labute approximate surface area is 325 Å². The van der Waals surface area contributed by atoms with Crippen molar-refractivity contribution < 1.29 is 0 Å². The molecule has 0 fully saturated rings. The lowest BCUT2D eigenvalue weighted by Crippen LogP contribution is -1.99. The van der Waals surface area contributed by atoms with E-state index in [0.717, 1.165) is 40.4 Å². The third-order valence-electron chi connectivity index (χ3n) is 11.2. The van der Waals surface area contributed by atoms with Crippen molar-refractivity contribution in [2.24, 2.45) is 0 Å². The van der Waals surface area contributed by atoms with Gasteiger partial charge < -0.3 is 4.57 Å². The third-order valence-corrected chi connectivity index (χ3v) is 11.2. The van der Waals surface area contributed by atoms with Crippen molar-refractivity contribution in [1.29, 1.82) is 0 Å². The maximum atomic E-state index is 5.38. The molecule has 0 atom stereocenters. The van der Waals surface area contributed by atoms with E-state index in [-0.39, 0.29) is 0 Å². The van der Waals surface area contributed by atoms with E-state index in [2.05, 4.69) is 199 Å². The first kappa shape index (κ1) is 32.1. The molecule has 0 unspecified atom stereocenters. The highest BCUT2D eigenvalue weighted by atomic mass is 15.0.